The molecule has 1 saturated heterocycles. The number of anilines is 1. The number of nitrogens with zero attached hydrogens (tertiary/aromatic N) is 3. The zero-order chi connectivity index (χ0) is 16.7. The minimum Gasteiger partial charge on any atom is -0.369 e. The highest BCUT2D eigenvalue weighted by Crippen LogP contribution is 2.34. The van der Waals surface area contributed by atoms with Gasteiger partial charge in [-0.15, -0.1) is 0 Å². The van der Waals surface area contributed by atoms with E-state index < -0.39 is 0 Å². The van der Waals surface area contributed by atoms with Crippen molar-refractivity contribution in [3.63, 3.8) is 0 Å². The number of hydrogen-bond donors (Lipinski definition) is 1. The molecule has 0 unspecified atom stereocenters. The van der Waals surface area contributed by atoms with Crippen LogP contribution in [0.1, 0.15) is 36.6 Å². The molecule has 0 radical (unpaired) electrons. The SMILES string of the molecule is C[C@H]1CCN1c1nc2c(c(-c3cccc(CC(N)=O)c3)n1)CCC2. The molecule has 5 nitrogen and oxygen atoms in total. The van der Waals surface area contributed by atoms with Gasteiger partial charge in [0.25, 0.3) is 0 Å². The maximum atomic E-state index is 11.2. The van der Waals surface area contributed by atoms with Crippen LogP contribution in [-0.2, 0) is 24.1 Å². The number of hydrogen-bond acceptors (Lipinski definition) is 4. The third-order valence-electron chi connectivity index (χ3n) is 5.08. The first kappa shape index (κ1) is 15.1. The molecule has 1 aliphatic heterocycles. The van der Waals surface area contributed by atoms with Crippen molar-refractivity contribution in [1.29, 1.82) is 0 Å². The van der Waals surface area contributed by atoms with Gasteiger partial charge in [-0.2, -0.15) is 0 Å². The highest BCUT2D eigenvalue weighted by atomic mass is 16.1. The van der Waals surface area contributed by atoms with E-state index >= 15 is 0 Å². The lowest BCUT2D eigenvalue weighted by atomic mass is 10.0. The smallest absolute Gasteiger partial charge is 0.226 e. The number of carbonyl (C=O) groups excluding carboxylic acids is 1. The van der Waals surface area contributed by atoms with Crippen LogP contribution in [0.3, 0.4) is 0 Å². The number of aryl methyl sites for hydroxylation is 1. The van der Waals surface area contributed by atoms with Gasteiger partial charge in [0, 0.05) is 29.4 Å². The van der Waals surface area contributed by atoms with Crippen molar-refractivity contribution >= 4 is 11.9 Å². The first-order valence-electron chi connectivity index (χ1n) is 8.66. The summed E-state index contributed by atoms with van der Waals surface area (Å²) in [5.41, 5.74) is 10.8. The van der Waals surface area contributed by atoms with E-state index in [2.05, 4.69) is 17.9 Å². The molecule has 124 valence electrons. The fourth-order valence-corrected chi connectivity index (χ4v) is 3.63. The predicted octanol–water partition coefficient (Wildman–Crippen LogP) is 2.26. The molecule has 5 heteroatoms. The van der Waals surface area contributed by atoms with Gasteiger partial charge in [0.1, 0.15) is 0 Å². The summed E-state index contributed by atoms with van der Waals surface area (Å²) < 4.78 is 0. The van der Waals surface area contributed by atoms with Gasteiger partial charge in [-0.3, -0.25) is 4.79 Å². The molecular formula is C19H22N4O. The van der Waals surface area contributed by atoms with E-state index in [0.717, 1.165) is 48.6 Å². The molecule has 0 saturated carbocycles. The summed E-state index contributed by atoms with van der Waals surface area (Å²) in [4.78, 5) is 23.2. The van der Waals surface area contributed by atoms with Crippen molar-refractivity contribution in [3.05, 3.63) is 41.1 Å². The number of rotatable bonds is 4. The Morgan fingerprint density at radius 2 is 2.21 bits per heavy atom. The average Bonchev–Trinajstić information content (AvgIpc) is 3.00. The van der Waals surface area contributed by atoms with Gasteiger partial charge in [-0.05, 0) is 44.2 Å². The van der Waals surface area contributed by atoms with Crippen molar-refractivity contribution in [1.82, 2.24) is 9.97 Å². The number of carbonyl (C=O) groups is 1. The first-order chi connectivity index (χ1) is 11.6. The lowest BCUT2D eigenvalue weighted by molar-refractivity contribution is -0.117. The Kier molecular flexibility index (Phi) is 3.71. The molecule has 1 aromatic heterocycles. The largest absolute Gasteiger partial charge is 0.369 e. The van der Waals surface area contributed by atoms with Crippen LogP contribution in [0.25, 0.3) is 11.3 Å². The maximum Gasteiger partial charge on any atom is 0.226 e. The van der Waals surface area contributed by atoms with Gasteiger partial charge in [0.2, 0.25) is 11.9 Å². The fourth-order valence-electron chi connectivity index (χ4n) is 3.63. The lowest BCUT2D eigenvalue weighted by Crippen LogP contribution is -2.46. The number of nitrogens with two attached hydrogens (primary N) is 1. The third-order valence-corrected chi connectivity index (χ3v) is 5.08. The van der Waals surface area contributed by atoms with Gasteiger partial charge < -0.3 is 10.6 Å². The highest BCUT2D eigenvalue weighted by Gasteiger charge is 2.29. The van der Waals surface area contributed by atoms with Gasteiger partial charge in [0.15, 0.2) is 0 Å². The lowest BCUT2D eigenvalue weighted by Gasteiger charge is -2.39. The minimum absolute atomic E-state index is 0.261. The molecule has 1 aromatic carbocycles. The maximum absolute atomic E-state index is 11.2. The Hall–Kier alpha value is -2.43. The first-order valence-corrected chi connectivity index (χ1v) is 8.66. The second-order valence-electron chi connectivity index (χ2n) is 6.83. The zero-order valence-corrected chi connectivity index (χ0v) is 14.0. The molecule has 1 amide bonds. The normalized spacial score (nSPS) is 19.0. The Balaban J connectivity index is 1.78. The van der Waals surface area contributed by atoms with Crippen LogP contribution in [0.15, 0.2) is 24.3 Å². The van der Waals surface area contributed by atoms with Crippen LogP contribution >= 0.6 is 0 Å². The molecule has 1 aliphatic carbocycles. The van der Waals surface area contributed by atoms with Crippen LogP contribution in [0.4, 0.5) is 5.95 Å². The fraction of sp³-hybridized carbons (Fsp3) is 0.421. The molecule has 1 atom stereocenters. The summed E-state index contributed by atoms with van der Waals surface area (Å²) in [5.74, 6) is 0.542. The van der Waals surface area contributed by atoms with Crippen LogP contribution in [0.5, 0.6) is 0 Å². The summed E-state index contributed by atoms with van der Waals surface area (Å²) >= 11 is 0. The number of primary amides is 1. The van der Waals surface area contributed by atoms with Crippen LogP contribution in [0.2, 0.25) is 0 Å². The molecular weight excluding hydrogens is 300 g/mol. The van der Waals surface area contributed by atoms with Crippen molar-refractivity contribution in [2.45, 2.75) is 45.1 Å². The molecule has 24 heavy (non-hydrogen) atoms. The van der Waals surface area contributed by atoms with Gasteiger partial charge in [-0.25, -0.2) is 9.97 Å². The Morgan fingerprint density at radius 1 is 1.33 bits per heavy atom. The Labute approximate surface area is 141 Å². The summed E-state index contributed by atoms with van der Waals surface area (Å²) in [6, 6.07) is 8.53. The van der Waals surface area contributed by atoms with Crippen molar-refractivity contribution in [2.75, 3.05) is 11.4 Å². The minimum atomic E-state index is -0.310. The van der Waals surface area contributed by atoms with Crippen LogP contribution in [0, 0.1) is 0 Å². The van der Waals surface area contributed by atoms with Gasteiger partial charge in [-0.1, -0.05) is 18.2 Å². The van der Waals surface area contributed by atoms with Crippen molar-refractivity contribution in [2.24, 2.45) is 5.73 Å². The molecule has 2 heterocycles. The monoisotopic (exact) mass is 322 g/mol. The number of aromatic nitrogens is 2. The zero-order valence-electron chi connectivity index (χ0n) is 14.0. The Bertz CT molecular complexity index is 802. The van der Waals surface area contributed by atoms with Crippen molar-refractivity contribution in [3.8, 4) is 11.3 Å². The second kappa shape index (κ2) is 5.89. The summed E-state index contributed by atoms with van der Waals surface area (Å²) in [5, 5.41) is 0. The molecule has 2 aromatic rings. The summed E-state index contributed by atoms with van der Waals surface area (Å²) in [6.45, 7) is 3.24. The van der Waals surface area contributed by atoms with E-state index in [9.17, 15) is 4.79 Å². The number of amides is 1. The molecule has 0 bridgehead atoms. The topological polar surface area (TPSA) is 72.1 Å². The highest BCUT2D eigenvalue weighted by molar-refractivity contribution is 5.77. The quantitative estimate of drug-likeness (QED) is 0.937. The van der Waals surface area contributed by atoms with E-state index in [1.54, 1.807) is 0 Å². The molecule has 1 fully saturated rings. The number of fused-ring (bicyclic) bond motifs is 1. The van der Waals surface area contributed by atoms with Gasteiger partial charge in [0.05, 0.1) is 12.1 Å². The third kappa shape index (κ3) is 2.64. The van der Waals surface area contributed by atoms with Crippen LogP contribution < -0.4 is 10.6 Å². The predicted molar refractivity (Wildman–Crippen MR) is 93.8 cm³/mol. The van der Waals surface area contributed by atoms with E-state index in [1.165, 1.54) is 17.7 Å². The summed E-state index contributed by atoms with van der Waals surface area (Å²) in [7, 11) is 0. The van der Waals surface area contributed by atoms with E-state index in [1.807, 2.05) is 18.2 Å². The molecule has 4 rings (SSSR count). The molecule has 0 spiro atoms. The number of benzene rings is 1. The van der Waals surface area contributed by atoms with E-state index in [-0.39, 0.29) is 12.3 Å². The summed E-state index contributed by atoms with van der Waals surface area (Å²) in [6.07, 6.45) is 4.65. The Morgan fingerprint density at radius 3 is 2.92 bits per heavy atom. The standard InChI is InChI=1S/C19H22N4O/c1-12-8-9-23(12)19-21-16-7-3-6-15(16)18(22-19)14-5-2-4-13(10-14)11-17(20)24/h2,4-5,10,12H,3,6-9,11H2,1H3,(H2,20,24)/t12-/m0/s1. The molecule has 2 aliphatic rings. The van der Waals surface area contributed by atoms with Crippen LogP contribution in [-0.4, -0.2) is 28.5 Å². The van der Waals surface area contributed by atoms with E-state index in [4.69, 9.17) is 15.7 Å². The molecule has 2 N–H and O–H groups in total. The average molecular weight is 322 g/mol. The van der Waals surface area contributed by atoms with Gasteiger partial charge >= 0.3 is 0 Å². The van der Waals surface area contributed by atoms with E-state index in [0.29, 0.717) is 6.04 Å². The van der Waals surface area contributed by atoms with Crippen molar-refractivity contribution < 1.29 is 4.79 Å². The second-order valence-corrected chi connectivity index (χ2v) is 6.83.